The van der Waals surface area contributed by atoms with Gasteiger partial charge in [-0.3, -0.25) is 0 Å². The predicted molar refractivity (Wildman–Crippen MR) is 79.8 cm³/mol. The molecule has 0 radical (unpaired) electrons. The van der Waals surface area contributed by atoms with Crippen LogP contribution in [0.1, 0.15) is 28.3 Å². The van der Waals surface area contributed by atoms with E-state index in [0.29, 0.717) is 5.56 Å². The van der Waals surface area contributed by atoms with Crippen molar-refractivity contribution in [3.8, 4) is 5.75 Å². The average molecular weight is 273 g/mol. The molecular formula is C17H20FNO. The maximum absolute atomic E-state index is 14.5. The largest absolute Gasteiger partial charge is 0.494 e. The summed E-state index contributed by atoms with van der Waals surface area (Å²) in [5.74, 6) is -0.0386. The summed E-state index contributed by atoms with van der Waals surface area (Å²) in [6.45, 7) is 4.13. The zero-order valence-corrected chi connectivity index (χ0v) is 12.3. The number of hydrogen-bond acceptors (Lipinski definition) is 2. The number of rotatable bonds is 4. The first kappa shape index (κ1) is 14.5. The van der Waals surface area contributed by atoms with E-state index in [1.54, 1.807) is 12.1 Å². The molecule has 2 nitrogen and oxygen atoms in total. The van der Waals surface area contributed by atoms with Crippen molar-refractivity contribution in [2.45, 2.75) is 19.9 Å². The molecule has 1 N–H and O–H groups in total. The van der Waals surface area contributed by atoms with Crippen LogP contribution in [0.15, 0.2) is 36.4 Å². The molecule has 0 aliphatic carbocycles. The lowest BCUT2D eigenvalue weighted by Crippen LogP contribution is -2.20. The van der Waals surface area contributed by atoms with Crippen molar-refractivity contribution in [2.75, 3.05) is 14.2 Å². The summed E-state index contributed by atoms with van der Waals surface area (Å²) in [7, 11) is 3.32. The first-order valence-electron chi connectivity index (χ1n) is 6.66. The van der Waals surface area contributed by atoms with Gasteiger partial charge in [0.05, 0.1) is 13.2 Å². The number of aryl methyl sites for hydroxylation is 1. The van der Waals surface area contributed by atoms with Crippen LogP contribution >= 0.6 is 0 Å². The molecular weight excluding hydrogens is 253 g/mol. The number of ether oxygens (including phenoxy) is 1. The van der Waals surface area contributed by atoms with Crippen LogP contribution in [-0.4, -0.2) is 14.2 Å². The highest BCUT2D eigenvalue weighted by atomic mass is 19.1. The standard InChI is InChI=1S/C17H20FNO/c1-11-7-5-8-13(12(11)2)17(19-3)14-9-6-10-15(20-4)16(14)18/h5-10,17,19H,1-4H3. The molecule has 2 aromatic rings. The van der Waals surface area contributed by atoms with Crippen molar-refractivity contribution in [3.05, 3.63) is 64.5 Å². The van der Waals surface area contributed by atoms with Crippen LogP contribution in [0.3, 0.4) is 0 Å². The van der Waals surface area contributed by atoms with E-state index in [4.69, 9.17) is 4.74 Å². The van der Waals surface area contributed by atoms with E-state index in [1.165, 1.54) is 18.2 Å². The first-order chi connectivity index (χ1) is 9.60. The third kappa shape index (κ3) is 2.54. The molecule has 2 aromatic carbocycles. The highest BCUT2D eigenvalue weighted by Crippen LogP contribution is 2.31. The minimum absolute atomic E-state index is 0.190. The number of benzene rings is 2. The van der Waals surface area contributed by atoms with E-state index in [1.807, 2.05) is 25.2 Å². The van der Waals surface area contributed by atoms with Crippen molar-refractivity contribution in [1.82, 2.24) is 5.32 Å². The van der Waals surface area contributed by atoms with Crippen LogP contribution in [0, 0.1) is 19.7 Å². The smallest absolute Gasteiger partial charge is 0.170 e. The van der Waals surface area contributed by atoms with E-state index in [0.717, 1.165) is 5.56 Å². The zero-order chi connectivity index (χ0) is 14.7. The van der Waals surface area contributed by atoms with Crippen LogP contribution in [-0.2, 0) is 0 Å². The van der Waals surface area contributed by atoms with Gasteiger partial charge >= 0.3 is 0 Å². The van der Waals surface area contributed by atoms with Crippen molar-refractivity contribution >= 4 is 0 Å². The molecule has 1 atom stereocenters. The van der Waals surface area contributed by atoms with Crippen LogP contribution in [0.25, 0.3) is 0 Å². The Balaban J connectivity index is 2.56. The summed E-state index contributed by atoms with van der Waals surface area (Å²) >= 11 is 0. The lowest BCUT2D eigenvalue weighted by Gasteiger charge is -2.21. The van der Waals surface area contributed by atoms with Gasteiger partial charge in [-0.25, -0.2) is 4.39 Å². The molecule has 2 rings (SSSR count). The Morgan fingerprint density at radius 2 is 1.70 bits per heavy atom. The number of halogens is 1. The Hall–Kier alpha value is -1.87. The molecule has 3 heteroatoms. The van der Waals surface area contributed by atoms with E-state index in [-0.39, 0.29) is 17.6 Å². The van der Waals surface area contributed by atoms with Gasteiger partial charge in [0.2, 0.25) is 0 Å². The Labute approximate surface area is 119 Å². The summed E-state index contributed by atoms with van der Waals surface area (Å²) < 4.78 is 19.5. The van der Waals surface area contributed by atoms with E-state index < -0.39 is 0 Å². The monoisotopic (exact) mass is 273 g/mol. The molecule has 0 aliphatic heterocycles. The third-order valence-electron chi connectivity index (χ3n) is 3.77. The fraction of sp³-hybridized carbons (Fsp3) is 0.294. The second-order valence-corrected chi connectivity index (χ2v) is 4.87. The fourth-order valence-electron chi connectivity index (χ4n) is 2.47. The molecule has 0 aromatic heterocycles. The lowest BCUT2D eigenvalue weighted by atomic mass is 9.92. The Morgan fingerprint density at radius 3 is 2.35 bits per heavy atom. The number of methoxy groups -OCH3 is 1. The second kappa shape index (κ2) is 6.06. The Morgan fingerprint density at radius 1 is 1.05 bits per heavy atom. The normalized spacial score (nSPS) is 12.2. The molecule has 1 unspecified atom stereocenters. The molecule has 20 heavy (non-hydrogen) atoms. The summed E-state index contributed by atoms with van der Waals surface area (Å²) in [5, 5.41) is 3.20. The number of hydrogen-bond donors (Lipinski definition) is 1. The highest BCUT2D eigenvalue weighted by molar-refractivity contribution is 5.43. The van der Waals surface area contributed by atoms with Crippen molar-refractivity contribution in [2.24, 2.45) is 0 Å². The van der Waals surface area contributed by atoms with Crippen LogP contribution in [0.5, 0.6) is 5.75 Å². The summed E-state index contributed by atoms with van der Waals surface area (Å²) in [5.41, 5.74) is 4.06. The molecule has 0 bridgehead atoms. The first-order valence-corrected chi connectivity index (χ1v) is 6.66. The molecule has 106 valence electrons. The quantitative estimate of drug-likeness (QED) is 0.915. The van der Waals surface area contributed by atoms with Gasteiger partial charge in [0, 0.05) is 5.56 Å². The zero-order valence-electron chi connectivity index (χ0n) is 12.3. The molecule has 0 amide bonds. The van der Waals surface area contributed by atoms with Crippen LogP contribution in [0.2, 0.25) is 0 Å². The predicted octanol–water partition coefficient (Wildman–Crippen LogP) is 3.76. The van der Waals surface area contributed by atoms with Crippen LogP contribution in [0.4, 0.5) is 4.39 Å². The second-order valence-electron chi connectivity index (χ2n) is 4.87. The van der Waals surface area contributed by atoms with Gasteiger partial charge < -0.3 is 10.1 Å². The van der Waals surface area contributed by atoms with Crippen molar-refractivity contribution in [3.63, 3.8) is 0 Å². The molecule has 0 heterocycles. The van der Waals surface area contributed by atoms with Gasteiger partial charge in [-0.1, -0.05) is 30.3 Å². The number of nitrogens with one attached hydrogen (secondary N) is 1. The average Bonchev–Trinajstić information content (AvgIpc) is 2.46. The minimum Gasteiger partial charge on any atom is -0.494 e. The van der Waals surface area contributed by atoms with Gasteiger partial charge in [-0.2, -0.15) is 0 Å². The molecule has 0 fully saturated rings. The fourth-order valence-corrected chi connectivity index (χ4v) is 2.47. The lowest BCUT2D eigenvalue weighted by molar-refractivity contribution is 0.382. The summed E-state index contributed by atoms with van der Waals surface area (Å²) in [6, 6.07) is 11.1. The van der Waals surface area contributed by atoms with E-state index >= 15 is 0 Å². The van der Waals surface area contributed by atoms with Gasteiger partial charge in [0.25, 0.3) is 0 Å². The van der Waals surface area contributed by atoms with E-state index in [2.05, 4.69) is 25.2 Å². The Bertz CT molecular complexity index is 610. The van der Waals surface area contributed by atoms with Gasteiger partial charge in [0.1, 0.15) is 0 Å². The SMILES string of the molecule is CNC(c1cccc(C)c1C)c1cccc(OC)c1F. The Kier molecular flexibility index (Phi) is 4.40. The molecule has 0 aliphatic rings. The topological polar surface area (TPSA) is 21.3 Å². The highest BCUT2D eigenvalue weighted by Gasteiger charge is 2.20. The van der Waals surface area contributed by atoms with Crippen molar-refractivity contribution < 1.29 is 9.13 Å². The van der Waals surface area contributed by atoms with E-state index in [9.17, 15) is 4.39 Å². The van der Waals surface area contributed by atoms with Gasteiger partial charge in [-0.05, 0) is 43.7 Å². The van der Waals surface area contributed by atoms with Crippen molar-refractivity contribution in [1.29, 1.82) is 0 Å². The van der Waals surface area contributed by atoms with Crippen LogP contribution < -0.4 is 10.1 Å². The molecule has 0 saturated heterocycles. The minimum atomic E-state index is -0.310. The van der Waals surface area contributed by atoms with Gasteiger partial charge in [0.15, 0.2) is 11.6 Å². The molecule has 0 spiro atoms. The maximum atomic E-state index is 14.5. The maximum Gasteiger partial charge on any atom is 0.170 e. The summed E-state index contributed by atoms with van der Waals surface area (Å²) in [4.78, 5) is 0. The third-order valence-corrected chi connectivity index (χ3v) is 3.77. The summed E-state index contributed by atoms with van der Waals surface area (Å²) in [6.07, 6.45) is 0. The molecule has 0 saturated carbocycles. The van der Waals surface area contributed by atoms with Gasteiger partial charge in [-0.15, -0.1) is 0 Å².